The SMILES string of the molecule is COC(=O)C[C@H](C(=O)N1CC(C)=CC1C1=NC=C(c2ccc(C#Cc3ccc(-c4cnc(C5C=C(C)CN5C(=O)[C@@H](NC(C)=O)C(C)C)[nH]4)cc3)cc2)C1)C(C)C. The van der Waals surface area contributed by atoms with Crippen molar-refractivity contribution in [3.63, 3.8) is 0 Å². The van der Waals surface area contributed by atoms with Crippen LogP contribution >= 0.6 is 0 Å². The molecule has 0 fully saturated rings. The zero-order valence-electron chi connectivity index (χ0n) is 34.1. The summed E-state index contributed by atoms with van der Waals surface area (Å²) in [5.74, 6) is 5.88. The van der Waals surface area contributed by atoms with E-state index >= 15 is 0 Å². The molecule has 3 aliphatic heterocycles. The van der Waals surface area contributed by atoms with Gasteiger partial charge in [-0.15, -0.1) is 0 Å². The summed E-state index contributed by atoms with van der Waals surface area (Å²) in [6, 6.07) is 14.8. The Balaban J connectivity index is 1.07. The van der Waals surface area contributed by atoms with Crippen molar-refractivity contribution in [2.24, 2.45) is 22.7 Å². The van der Waals surface area contributed by atoms with Crippen molar-refractivity contribution in [1.82, 2.24) is 25.1 Å². The molecule has 11 nitrogen and oxygen atoms in total. The first kappa shape index (κ1) is 40.6. The van der Waals surface area contributed by atoms with E-state index in [0.717, 1.165) is 50.4 Å². The first-order valence-electron chi connectivity index (χ1n) is 19.5. The van der Waals surface area contributed by atoms with E-state index in [1.807, 2.05) is 95.1 Å². The number of ether oxygens (including phenoxy) is 1. The Labute approximate surface area is 335 Å². The van der Waals surface area contributed by atoms with Crippen LogP contribution in [0.2, 0.25) is 0 Å². The molecular formula is C46H52N6O5. The van der Waals surface area contributed by atoms with Crippen LogP contribution in [0, 0.1) is 29.6 Å². The van der Waals surface area contributed by atoms with Crippen LogP contribution in [0.25, 0.3) is 16.8 Å². The van der Waals surface area contributed by atoms with E-state index in [9.17, 15) is 19.2 Å². The van der Waals surface area contributed by atoms with Crippen LogP contribution in [0.3, 0.4) is 0 Å². The van der Waals surface area contributed by atoms with E-state index in [0.29, 0.717) is 25.3 Å². The van der Waals surface area contributed by atoms with Crippen LogP contribution in [-0.2, 0) is 23.9 Å². The minimum absolute atomic E-state index is 0.00663. The summed E-state index contributed by atoms with van der Waals surface area (Å²) in [6.45, 7) is 14.2. The number of aromatic amines is 1. The molecule has 2 N–H and O–H groups in total. The number of hydrogen-bond acceptors (Lipinski definition) is 7. The Morgan fingerprint density at radius 3 is 1.98 bits per heavy atom. The summed E-state index contributed by atoms with van der Waals surface area (Å²) in [5.41, 5.74) is 8.74. The third-order valence-electron chi connectivity index (χ3n) is 10.8. The number of allylic oxidation sites excluding steroid dienone is 1. The summed E-state index contributed by atoms with van der Waals surface area (Å²) in [5, 5.41) is 2.82. The number of amides is 3. The van der Waals surface area contributed by atoms with E-state index in [2.05, 4.69) is 45.3 Å². The molecule has 57 heavy (non-hydrogen) atoms. The first-order valence-corrected chi connectivity index (χ1v) is 19.5. The standard InChI is InChI=1S/C46H52N6O5/c1-27(2)37(22-42(54)57-8)45(55)51-25-29(5)19-40(51)38-21-36(23-47-38)34-15-11-32(12-16-34)9-10-33-13-17-35(18-14-33)39-24-48-44(50-39)41-20-30(6)26-52(41)46(56)43(28(3)4)49-31(7)53/h11-20,23-24,27-28,37,40-41,43H,21-22,25-26H2,1-8H3,(H,48,50)(H,49,53)/t37-,40?,41?,43-/m0/s1. The number of aliphatic imine (C=N–C) groups is 1. The summed E-state index contributed by atoms with van der Waals surface area (Å²) in [7, 11) is 1.35. The first-order chi connectivity index (χ1) is 27.2. The molecule has 1 aromatic heterocycles. The number of esters is 1. The lowest BCUT2D eigenvalue weighted by Gasteiger charge is -2.30. The van der Waals surface area contributed by atoms with Crippen LogP contribution in [0.15, 0.2) is 89.2 Å². The molecule has 2 aromatic carbocycles. The Morgan fingerprint density at radius 1 is 0.842 bits per heavy atom. The highest BCUT2D eigenvalue weighted by molar-refractivity contribution is 6.05. The lowest BCUT2D eigenvalue weighted by Crippen LogP contribution is -2.50. The van der Waals surface area contributed by atoms with Gasteiger partial charge in [0.25, 0.3) is 0 Å². The molecule has 4 heterocycles. The zero-order valence-corrected chi connectivity index (χ0v) is 34.1. The molecule has 0 aliphatic carbocycles. The van der Waals surface area contributed by atoms with Gasteiger partial charge in [-0.2, -0.15) is 0 Å². The number of imidazole rings is 1. The van der Waals surface area contributed by atoms with Gasteiger partial charge in [-0.25, -0.2) is 4.98 Å². The second-order valence-corrected chi connectivity index (χ2v) is 15.9. The molecule has 4 atom stereocenters. The van der Waals surface area contributed by atoms with Crippen molar-refractivity contribution >= 4 is 35.0 Å². The number of hydrogen-bond donors (Lipinski definition) is 2. The highest BCUT2D eigenvalue weighted by Crippen LogP contribution is 2.33. The topological polar surface area (TPSA) is 137 Å². The maximum Gasteiger partial charge on any atom is 0.306 e. The molecule has 0 radical (unpaired) electrons. The smallest absolute Gasteiger partial charge is 0.306 e. The average Bonchev–Trinajstić information content (AvgIpc) is 4.01. The summed E-state index contributed by atoms with van der Waals surface area (Å²) in [6.07, 6.45) is 8.49. The van der Waals surface area contributed by atoms with Gasteiger partial charge in [0.2, 0.25) is 17.7 Å². The Morgan fingerprint density at radius 2 is 1.42 bits per heavy atom. The molecule has 3 aliphatic rings. The lowest BCUT2D eigenvalue weighted by atomic mass is 9.90. The third-order valence-corrected chi connectivity index (χ3v) is 10.8. The zero-order chi connectivity index (χ0) is 41.0. The fourth-order valence-electron chi connectivity index (χ4n) is 7.57. The van der Waals surface area contributed by atoms with Gasteiger partial charge in [-0.3, -0.25) is 24.2 Å². The number of aromatic nitrogens is 2. The van der Waals surface area contributed by atoms with E-state index < -0.39 is 12.0 Å². The van der Waals surface area contributed by atoms with Crippen LogP contribution in [-0.4, -0.2) is 81.5 Å². The van der Waals surface area contributed by atoms with Crippen molar-refractivity contribution in [1.29, 1.82) is 0 Å². The van der Waals surface area contributed by atoms with Crippen molar-refractivity contribution in [3.05, 3.63) is 107 Å². The van der Waals surface area contributed by atoms with Crippen molar-refractivity contribution in [3.8, 4) is 23.1 Å². The van der Waals surface area contributed by atoms with Gasteiger partial charge in [0.1, 0.15) is 17.9 Å². The van der Waals surface area contributed by atoms with Crippen LogP contribution in [0.4, 0.5) is 0 Å². The molecule has 296 valence electrons. The van der Waals surface area contributed by atoms with Crippen LogP contribution in [0.1, 0.15) is 89.9 Å². The molecule has 0 bridgehead atoms. The maximum absolute atomic E-state index is 13.7. The molecular weight excluding hydrogens is 717 g/mol. The normalized spacial score (nSPS) is 18.7. The molecule has 11 heteroatoms. The maximum atomic E-state index is 13.7. The summed E-state index contributed by atoms with van der Waals surface area (Å²) in [4.78, 5) is 67.6. The van der Waals surface area contributed by atoms with E-state index in [-0.39, 0.29) is 54.0 Å². The molecule has 3 aromatic rings. The van der Waals surface area contributed by atoms with Crippen molar-refractivity contribution in [2.45, 2.75) is 79.4 Å². The summed E-state index contributed by atoms with van der Waals surface area (Å²) >= 11 is 0. The van der Waals surface area contributed by atoms with Gasteiger partial charge in [0, 0.05) is 49.5 Å². The highest BCUT2D eigenvalue weighted by Gasteiger charge is 2.38. The lowest BCUT2D eigenvalue weighted by molar-refractivity contribution is -0.147. The predicted molar refractivity (Wildman–Crippen MR) is 221 cm³/mol. The number of nitrogens with zero attached hydrogens (tertiary/aromatic N) is 4. The third kappa shape index (κ3) is 9.34. The molecule has 0 spiro atoms. The second-order valence-electron chi connectivity index (χ2n) is 15.9. The van der Waals surface area contributed by atoms with Crippen LogP contribution < -0.4 is 5.32 Å². The molecule has 0 saturated heterocycles. The number of methoxy groups -OCH3 is 1. The molecule has 2 unspecified atom stereocenters. The Kier molecular flexibility index (Phi) is 12.4. The van der Waals surface area contributed by atoms with Gasteiger partial charge in [-0.05, 0) is 66.6 Å². The van der Waals surface area contributed by atoms with Crippen LogP contribution in [0.5, 0.6) is 0 Å². The fraction of sp³-hybridized carbons (Fsp3) is 0.391. The van der Waals surface area contributed by atoms with E-state index in [1.165, 1.54) is 14.0 Å². The number of H-pyrrole nitrogens is 1. The highest BCUT2D eigenvalue weighted by atomic mass is 16.5. The van der Waals surface area contributed by atoms with E-state index in [4.69, 9.17) is 9.73 Å². The minimum atomic E-state index is -0.613. The largest absolute Gasteiger partial charge is 0.469 e. The van der Waals surface area contributed by atoms with Gasteiger partial charge < -0.3 is 24.8 Å². The van der Waals surface area contributed by atoms with Crippen molar-refractivity contribution in [2.75, 3.05) is 20.2 Å². The van der Waals surface area contributed by atoms with Gasteiger partial charge in [-0.1, -0.05) is 87.1 Å². The van der Waals surface area contributed by atoms with Gasteiger partial charge >= 0.3 is 5.97 Å². The molecule has 3 amide bonds. The number of carbonyl (C=O) groups is 4. The Bertz CT molecular complexity index is 2210. The number of carbonyl (C=O) groups excluding carboxylic acids is 4. The van der Waals surface area contributed by atoms with Gasteiger partial charge in [0.05, 0.1) is 37.4 Å². The molecule has 6 rings (SSSR count). The second kappa shape index (κ2) is 17.4. The quantitative estimate of drug-likeness (QED) is 0.128. The predicted octanol–water partition coefficient (Wildman–Crippen LogP) is 6.64. The minimum Gasteiger partial charge on any atom is -0.469 e. The average molecular weight is 769 g/mol. The monoisotopic (exact) mass is 768 g/mol. The fourth-order valence-corrected chi connectivity index (χ4v) is 7.57. The van der Waals surface area contributed by atoms with Gasteiger partial charge in [0.15, 0.2) is 0 Å². The molecule has 0 saturated carbocycles. The Hall–Kier alpha value is -6.02. The van der Waals surface area contributed by atoms with E-state index in [1.54, 1.807) is 11.1 Å². The number of benzene rings is 2. The number of rotatable bonds is 11. The number of nitrogens with one attached hydrogen (secondary N) is 2. The summed E-state index contributed by atoms with van der Waals surface area (Å²) < 4.78 is 4.88. The van der Waals surface area contributed by atoms with Crippen molar-refractivity contribution < 1.29 is 23.9 Å².